The van der Waals surface area contributed by atoms with Gasteiger partial charge in [0.15, 0.2) is 0 Å². The molecule has 0 N–H and O–H groups in total. The number of unbranched alkanes of at least 4 members (excludes halogenated alkanes) is 3. The van der Waals surface area contributed by atoms with Crippen molar-refractivity contribution in [1.29, 1.82) is 0 Å². The number of hydrogen-bond acceptors (Lipinski definition) is 2. The number of halogens is 1. The topological polar surface area (TPSA) is 9.23 Å². The average Bonchev–Trinajstić information content (AvgIpc) is 2.34. The van der Waals surface area contributed by atoms with Gasteiger partial charge in [0.2, 0.25) is 0 Å². The van der Waals surface area contributed by atoms with Gasteiger partial charge < -0.3 is 4.74 Å². The summed E-state index contributed by atoms with van der Waals surface area (Å²) in [6, 6.07) is 8.25. The van der Waals surface area contributed by atoms with Crippen molar-refractivity contribution in [2.75, 3.05) is 18.7 Å². The lowest BCUT2D eigenvalue weighted by Gasteiger charge is -2.03. The van der Waals surface area contributed by atoms with Gasteiger partial charge in [0, 0.05) is 10.8 Å². The summed E-state index contributed by atoms with van der Waals surface area (Å²) in [5.74, 6) is 2.91. The van der Waals surface area contributed by atoms with Crippen molar-refractivity contribution in [3.05, 3.63) is 24.3 Å². The second kappa shape index (κ2) is 8.77. The number of hydrogen-bond donors (Lipinski definition) is 0. The fourth-order valence-electron chi connectivity index (χ4n) is 1.41. The smallest absolute Gasteiger partial charge is 0.118 e. The molecule has 0 atom stereocenters. The highest BCUT2D eigenvalue weighted by molar-refractivity contribution is 7.99. The van der Waals surface area contributed by atoms with Crippen LogP contribution in [0.4, 0.5) is 0 Å². The fraction of sp³-hybridized carbons (Fsp3) is 0.538. The normalized spacial score (nSPS) is 10.4. The van der Waals surface area contributed by atoms with Gasteiger partial charge in [-0.1, -0.05) is 12.8 Å². The van der Waals surface area contributed by atoms with Crippen LogP contribution >= 0.6 is 23.4 Å². The van der Waals surface area contributed by atoms with Gasteiger partial charge in [-0.15, -0.1) is 23.4 Å². The minimum Gasteiger partial charge on any atom is -0.497 e. The second-order valence-corrected chi connectivity index (χ2v) is 5.17. The van der Waals surface area contributed by atoms with Crippen LogP contribution in [0.5, 0.6) is 5.75 Å². The molecule has 0 bridgehead atoms. The maximum Gasteiger partial charge on any atom is 0.118 e. The number of alkyl halides is 1. The van der Waals surface area contributed by atoms with E-state index in [-0.39, 0.29) is 0 Å². The molecule has 0 aliphatic carbocycles. The third-order valence-corrected chi connectivity index (χ3v) is 3.72. The van der Waals surface area contributed by atoms with E-state index < -0.39 is 0 Å². The molecule has 0 radical (unpaired) electrons. The van der Waals surface area contributed by atoms with Crippen LogP contribution in [0.15, 0.2) is 29.2 Å². The lowest BCUT2D eigenvalue weighted by atomic mass is 10.2. The molecule has 1 aromatic rings. The molecule has 90 valence electrons. The molecule has 0 heterocycles. The first-order valence-electron chi connectivity index (χ1n) is 5.69. The van der Waals surface area contributed by atoms with Gasteiger partial charge >= 0.3 is 0 Å². The number of methoxy groups -OCH3 is 1. The summed E-state index contributed by atoms with van der Waals surface area (Å²) >= 11 is 7.53. The van der Waals surface area contributed by atoms with Gasteiger partial charge in [0.1, 0.15) is 5.75 Å². The molecule has 1 rings (SSSR count). The van der Waals surface area contributed by atoms with Gasteiger partial charge in [-0.2, -0.15) is 0 Å². The molecule has 0 saturated heterocycles. The summed E-state index contributed by atoms with van der Waals surface area (Å²) < 4.78 is 5.12. The van der Waals surface area contributed by atoms with E-state index in [1.807, 2.05) is 23.9 Å². The number of benzene rings is 1. The first-order valence-corrected chi connectivity index (χ1v) is 7.21. The molecular weight excluding hydrogens is 240 g/mol. The fourth-order valence-corrected chi connectivity index (χ4v) is 2.51. The Morgan fingerprint density at radius 2 is 1.75 bits per heavy atom. The predicted molar refractivity (Wildman–Crippen MR) is 72.9 cm³/mol. The zero-order valence-electron chi connectivity index (χ0n) is 9.75. The first kappa shape index (κ1) is 13.7. The lowest BCUT2D eigenvalue weighted by molar-refractivity contribution is 0.414. The Bertz CT molecular complexity index is 274. The Morgan fingerprint density at radius 1 is 1.06 bits per heavy atom. The molecule has 0 aromatic heterocycles. The van der Waals surface area contributed by atoms with Gasteiger partial charge in [0.25, 0.3) is 0 Å². The van der Waals surface area contributed by atoms with Crippen molar-refractivity contribution >= 4 is 23.4 Å². The van der Waals surface area contributed by atoms with Crippen molar-refractivity contribution in [3.63, 3.8) is 0 Å². The van der Waals surface area contributed by atoms with E-state index in [4.69, 9.17) is 16.3 Å². The molecule has 0 amide bonds. The van der Waals surface area contributed by atoms with E-state index in [9.17, 15) is 0 Å². The second-order valence-electron chi connectivity index (χ2n) is 3.63. The maximum absolute atomic E-state index is 5.62. The van der Waals surface area contributed by atoms with Crippen molar-refractivity contribution in [2.24, 2.45) is 0 Å². The number of rotatable bonds is 8. The van der Waals surface area contributed by atoms with E-state index in [1.165, 1.54) is 29.9 Å². The monoisotopic (exact) mass is 258 g/mol. The molecule has 0 aliphatic heterocycles. The molecule has 0 fully saturated rings. The van der Waals surface area contributed by atoms with Crippen LogP contribution in [0, 0.1) is 0 Å². The highest BCUT2D eigenvalue weighted by atomic mass is 35.5. The maximum atomic E-state index is 5.62. The Morgan fingerprint density at radius 3 is 2.38 bits per heavy atom. The van der Waals surface area contributed by atoms with E-state index in [1.54, 1.807) is 7.11 Å². The predicted octanol–water partition coefficient (Wildman–Crippen LogP) is 4.59. The van der Waals surface area contributed by atoms with Crippen LogP contribution in [0.2, 0.25) is 0 Å². The third-order valence-electron chi connectivity index (χ3n) is 2.36. The van der Waals surface area contributed by atoms with Crippen LogP contribution in [-0.4, -0.2) is 18.7 Å². The molecule has 0 spiro atoms. The molecule has 3 heteroatoms. The van der Waals surface area contributed by atoms with Gasteiger partial charge in [-0.3, -0.25) is 0 Å². The van der Waals surface area contributed by atoms with Crippen LogP contribution in [-0.2, 0) is 0 Å². The molecule has 1 aromatic carbocycles. The van der Waals surface area contributed by atoms with Crippen LogP contribution < -0.4 is 4.74 Å². The number of thioether (sulfide) groups is 1. The summed E-state index contributed by atoms with van der Waals surface area (Å²) in [5, 5.41) is 0. The molecule has 1 nitrogen and oxygen atoms in total. The zero-order valence-corrected chi connectivity index (χ0v) is 11.3. The molecule has 0 unspecified atom stereocenters. The first-order chi connectivity index (χ1) is 7.86. The Kier molecular flexibility index (Phi) is 7.52. The highest BCUT2D eigenvalue weighted by Crippen LogP contribution is 2.22. The van der Waals surface area contributed by atoms with E-state index in [0.717, 1.165) is 18.1 Å². The Labute approximate surface area is 108 Å². The highest BCUT2D eigenvalue weighted by Gasteiger charge is 1.95. The zero-order chi connectivity index (χ0) is 11.6. The Balaban J connectivity index is 2.12. The van der Waals surface area contributed by atoms with Crippen molar-refractivity contribution in [2.45, 2.75) is 30.6 Å². The quantitative estimate of drug-likeness (QED) is 0.383. The SMILES string of the molecule is COc1ccc(SCCCCCCCl)cc1. The molecular formula is C13H19ClOS. The number of ether oxygens (including phenoxy) is 1. The third kappa shape index (κ3) is 5.66. The minimum absolute atomic E-state index is 0.797. The van der Waals surface area contributed by atoms with Crippen LogP contribution in [0.3, 0.4) is 0 Å². The van der Waals surface area contributed by atoms with Crippen molar-refractivity contribution in [1.82, 2.24) is 0 Å². The molecule has 0 aliphatic rings. The lowest BCUT2D eigenvalue weighted by Crippen LogP contribution is -1.84. The summed E-state index contributed by atoms with van der Waals surface area (Å²) in [5.41, 5.74) is 0. The standard InChI is InChI=1S/C13H19ClOS/c1-15-12-6-8-13(9-7-12)16-11-5-3-2-4-10-14/h6-9H,2-5,10-11H2,1H3. The van der Waals surface area contributed by atoms with E-state index >= 15 is 0 Å². The summed E-state index contributed by atoms with van der Waals surface area (Å²) in [7, 11) is 1.69. The summed E-state index contributed by atoms with van der Waals surface area (Å²) in [6.45, 7) is 0. The Hall–Kier alpha value is -0.340. The van der Waals surface area contributed by atoms with Crippen LogP contribution in [0.25, 0.3) is 0 Å². The average molecular weight is 259 g/mol. The largest absolute Gasteiger partial charge is 0.497 e. The van der Waals surface area contributed by atoms with Crippen molar-refractivity contribution < 1.29 is 4.74 Å². The van der Waals surface area contributed by atoms with Gasteiger partial charge in [0.05, 0.1) is 7.11 Å². The van der Waals surface area contributed by atoms with Gasteiger partial charge in [-0.25, -0.2) is 0 Å². The molecule has 16 heavy (non-hydrogen) atoms. The summed E-state index contributed by atoms with van der Waals surface area (Å²) in [6.07, 6.45) is 4.96. The minimum atomic E-state index is 0.797. The van der Waals surface area contributed by atoms with E-state index in [2.05, 4.69) is 12.1 Å². The van der Waals surface area contributed by atoms with Crippen molar-refractivity contribution in [3.8, 4) is 5.75 Å². The van der Waals surface area contributed by atoms with Gasteiger partial charge in [-0.05, 0) is 42.9 Å². The van der Waals surface area contributed by atoms with E-state index in [0.29, 0.717) is 0 Å². The van der Waals surface area contributed by atoms with Crippen LogP contribution in [0.1, 0.15) is 25.7 Å². The summed E-state index contributed by atoms with van der Waals surface area (Å²) in [4.78, 5) is 1.32. The molecule has 0 saturated carbocycles.